The lowest BCUT2D eigenvalue weighted by Crippen LogP contribution is -2.49. The average Bonchev–Trinajstić information content (AvgIpc) is 2.36. The fourth-order valence-electron chi connectivity index (χ4n) is 5.18. The smallest absolute Gasteiger partial charge is 0.0719 e. The van der Waals surface area contributed by atoms with Gasteiger partial charge in [-0.15, -0.1) is 0 Å². The molecule has 0 spiro atoms. The van der Waals surface area contributed by atoms with Crippen LogP contribution in [-0.4, -0.2) is 11.2 Å². The Morgan fingerprint density at radius 2 is 2.05 bits per heavy atom. The number of allylic oxidation sites excluding steroid dienone is 2. The van der Waals surface area contributed by atoms with Crippen molar-refractivity contribution in [3.05, 3.63) is 23.8 Å². The highest BCUT2D eigenvalue weighted by atomic mass is 16.3. The molecule has 2 fully saturated rings. The highest BCUT2D eigenvalue weighted by Gasteiger charge is 2.52. The molecule has 4 atom stereocenters. The van der Waals surface area contributed by atoms with Crippen LogP contribution in [0, 0.1) is 22.7 Å². The van der Waals surface area contributed by atoms with Gasteiger partial charge in [0.05, 0.1) is 6.10 Å². The van der Waals surface area contributed by atoms with Gasteiger partial charge in [0, 0.05) is 0 Å². The van der Waals surface area contributed by atoms with Crippen molar-refractivity contribution in [2.24, 2.45) is 22.7 Å². The van der Waals surface area contributed by atoms with Gasteiger partial charge in [-0.05, 0) is 74.2 Å². The lowest BCUT2D eigenvalue weighted by molar-refractivity contribution is -0.0511. The van der Waals surface area contributed by atoms with Crippen molar-refractivity contribution in [1.29, 1.82) is 0 Å². The number of aliphatic hydroxyl groups is 1. The molecule has 0 aromatic heterocycles. The second-order valence-corrected chi connectivity index (χ2v) is 8.51. The summed E-state index contributed by atoms with van der Waals surface area (Å²) in [6, 6.07) is 0. The lowest BCUT2D eigenvalue weighted by Gasteiger charge is -2.58. The minimum absolute atomic E-state index is 0.326. The molecule has 1 heteroatoms. The molecule has 0 aromatic rings. The van der Waals surface area contributed by atoms with Gasteiger partial charge in [0.1, 0.15) is 0 Å². The van der Waals surface area contributed by atoms with Crippen LogP contribution >= 0.6 is 0 Å². The maximum absolute atomic E-state index is 9.71. The Labute approximate surface area is 131 Å². The lowest BCUT2D eigenvalue weighted by atomic mass is 9.47. The molecule has 1 N–H and O–H groups in total. The van der Waals surface area contributed by atoms with E-state index in [0.29, 0.717) is 16.7 Å². The summed E-state index contributed by atoms with van der Waals surface area (Å²) in [5.74, 6) is 1.40. The molecule has 2 aliphatic carbocycles. The third-order valence-corrected chi connectivity index (χ3v) is 6.65. The summed E-state index contributed by atoms with van der Waals surface area (Å²) >= 11 is 0. The summed E-state index contributed by atoms with van der Waals surface area (Å²) in [7, 11) is 0. The molecule has 0 aliphatic heterocycles. The van der Waals surface area contributed by atoms with Crippen LogP contribution < -0.4 is 0 Å². The first-order valence-corrected chi connectivity index (χ1v) is 8.71. The molecule has 1 unspecified atom stereocenters. The molecule has 2 aliphatic rings. The van der Waals surface area contributed by atoms with Gasteiger partial charge in [-0.1, -0.05) is 45.4 Å². The molecule has 0 saturated heterocycles. The largest absolute Gasteiger partial charge is 0.389 e. The monoisotopic (exact) mass is 290 g/mol. The molecule has 2 saturated carbocycles. The standard InChI is InChI=1S/C20H34O/c1-14(16(3)21)8-10-17-15(2)9-11-18-19(4,5)12-7-13-20(17,18)6/h8,16-18,21H,2,7,9-13H2,1,3-6H3/b14-8+/t16?,17-,18-,20+/m0/s1. The van der Waals surface area contributed by atoms with E-state index >= 15 is 0 Å². The van der Waals surface area contributed by atoms with Gasteiger partial charge in [0.15, 0.2) is 0 Å². The number of aliphatic hydroxyl groups excluding tert-OH is 1. The summed E-state index contributed by atoms with van der Waals surface area (Å²) in [5, 5.41) is 9.71. The Hall–Kier alpha value is -0.560. The van der Waals surface area contributed by atoms with Crippen molar-refractivity contribution in [2.75, 3.05) is 0 Å². The van der Waals surface area contributed by atoms with E-state index in [1.165, 1.54) is 37.7 Å². The van der Waals surface area contributed by atoms with E-state index < -0.39 is 0 Å². The maximum atomic E-state index is 9.71. The van der Waals surface area contributed by atoms with Crippen LogP contribution in [0.4, 0.5) is 0 Å². The van der Waals surface area contributed by atoms with Gasteiger partial charge in [0.2, 0.25) is 0 Å². The van der Waals surface area contributed by atoms with Crippen LogP contribution in [0.5, 0.6) is 0 Å². The van der Waals surface area contributed by atoms with Crippen LogP contribution in [0.1, 0.15) is 73.1 Å². The predicted molar refractivity (Wildman–Crippen MR) is 91.1 cm³/mol. The summed E-state index contributed by atoms with van der Waals surface area (Å²) in [5.41, 5.74) is 3.41. The van der Waals surface area contributed by atoms with Gasteiger partial charge < -0.3 is 5.11 Å². The van der Waals surface area contributed by atoms with E-state index in [-0.39, 0.29) is 6.10 Å². The molecule has 0 radical (unpaired) electrons. The van der Waals surface area contributed by atoms with Crippen molar-refractivity contribution < 1.29 is 5.11 Å². The van der Waals surface area contributed by atoms with Crippen molar-refractivity contribution in [3.8, 4) is 0 Å². The Balaban J connectivity index is 2.26. The zero-order valence-corrected chi connectivity index (χ0v) is 14.7. The van der Waals surface area contributed by atoms with Gasteiger partial charge in [-0.3, -0.25) is 0 Å². The normalized spacial score (nSPS) is 38.0. The number of hydrogen-bond acceptors (Lipinski definition) is 1. The molecule has 0 heterocycles. The number of rotatable bonds is 3. The molecular weight excluding hydrogens is 256 g/mol. The van der Waals surface area contributed by atoms with Crippen LogP contribution in [0.3, 0.4) is 0 Å². The molecule has 120 valence electrons. The molecule has 0 amide bonds. The first-order valence-electron chi connectivity index (χ1n) is 8.71. The van der Waals surface area contributed by atoms with Crippen molar-refractivity contribution in [1.82, 2.24) is 0 Å². The first-order chi connectivity index (χ1) is 9.68. The Bertz CT molecular complexity index is 429. The predicted octanol–water partition coefficient (Wildman–Crippen LogP) is 5.50. The minimum Gasteiger partial charge on any atom is -0.389 e. The average molecular weight is 290 g/mol. The maximum Gasteiger partial charge on any atom is 0.0719 e. The van der Waals surface area contributed by atoms with Crippen molar-refractivity contribution in [2.45, 2.75) is 79.2 Å². The van der Waals surface area contributed by atoms with E-state index in [9.17, 15) is 5.11 Å². The second-order valence-electron chi connectivity index (χ2n) is 8.51. The highest BCUT2D eigenvalue weighted by Crippen LogP contribution is 2.61. The van der Waals surface area contributed by atoms with E-state index in [4.69, 9.17) is 0 Å². The highest BCUT2D eigenvalue weighted by molar-refractivity contribution is 5.18. The SMILES string of the molecule is C=C1CC[C@H]2C(C)(C)CCC[C@]2(C)[C@H]1C/C=C(\C)C(C)O. The van der Waals surface area contributed by atoms with E-state index in [0.717, 1.165) is 17.9 Å². The summed E-state index contributed by atoms with van der Waals surface area (Å²) in [4.78, 5) is 0. The second kappa shape index (κ2) is 5.91. The topological polar surface area (TPSA) is 20.2 Å². The zero-order valence-electron chi connectivity index (χ0n) is 14.7. The fraction of sp³-hybridized carbons (Fsp3) is 0.800. The third-order valence-electron chi connectivity index (χ3n) is 6.65. The summed E-state index contributed by atoms with van der Waals surface area (Å²) < 4.78 is 0. The van der Waals surface area contributed by atoms with E-state index in [2.05, 4.69) is 33.4 Å². The molecule has 0 bridgehead atoms. The summed E-state index contributed by atoms with van der Waals surface area (Å²) in [6.07, 6.45) is 9.56. The van der Waals surface area contributed by atoms with Crippen LogP contribution in [0.2, 0.25) is 0 Å². The molecule has 1 nitrogen and oxygen atoms in total. The van der Waals surface area contributed by atoms with Crippen molar-refractivity contribution in [3.63, 3.8) is 0 Å². The number of fused-ring (bicyclic) bond motifs is 1. The first kappa shape index (κ1) is 16.8. The zero-order chi connectivity index (χ0) is 15.8. The van der Waals surface area contributed by atoms with Gasteiger partial charge in [-0.25, -0.2) is 0 Å². The van der Waals surface area contributed by atoms with E-state index in [1.807, 2.05) is 13.8 Å². The fourth-order valence-corrected chi connectivity index (χ4v) is 5.18. The Morgan fingerprint density at radius 3 is 2.67 bits per heavy atom. The van der Waals surface area contributed by atoms with Crippen LogP contribution in [0.25, 0.3) is 0 Å². The van der Waals surface area contributed by atoms with Gasteiger partial charge in [-0.2, -0.15) is 0 Å². The Kier molecular flexibility index (Phi) is 4.73. The van der Waals surface area contributed by atoms with Gasteiger partial charge in [0.25, 0.3) is 0 Å². The minimum atomic E-state index is -0.326. The van der Waals surface area contributed by atoms with Crippen LogP contribution in [0.15, 0.2) is 23.8 Å². The van der Waals surface area contributed by atoms with Gasteiger partial charge >= 0.3 is 0 Å². The Morgan fingerprint density at radius 1 is 1.38 bits per heavy atom. The number of hydrogen-bond donors (Lipinski definition) is 1. The third kappa shape index (κ3) is 3.13. The quantitative estimate of drug-likeness (QED) is 0.680. The molecule has 0 aromatic carbocycles. The molecule has 21 heavy (non-hydrogen) atoms. The van der Waals surface area contributed by atoms with Crippen molar-refractivity contribution >= 4 is 0 Å². The summed E-state index contributed by atoms with van der Waals surface area (Å²) in [6.45, 7) is 15.8. The van der Waals surface area contributed by atoms with E-state index in [1.54, 1.807) is 0 Å². The van der Waals surface area contributed by atoms with Crippen LogP contribution in [-0.2, 0) is 0 Å². The molecule has 2 rings (SSSR count). The molecular formula is C20H34O.